The molecule has 37 heavy (non-hydrogen) atoms. The van der Waals surface area contributed by atoms with Crippen LogP contribution in [-0.2, 0) is 16.0 Å². The van der Waals surface area contributed by atoms with Crippen LogP contribution in [0.4, 0.5) is 0 Å². The summed E-state index contributed by atoms with van der Waals surface area (Å²) in [5.74, 6) is 0.379. The molecular weight excluding hydrogens is 486 g/mol. The highest BCUT2D eigenvalue weighted by molar-refractivity contribution is 7.98. The van der Waals surface area contributed by atoms with Crippen molar-refractivity contribution < 1.29 is 14.3 Å². The van der Waals surface area contributed by atoms with E-state index >= 15 is 0 Å². The highest BCUT2D eigenvalue weighted by atomic mass is 32.2. The van der Waals surface area contributed by atoms with Crippen LogP contribution in [0.15, 0.2) is 40.0 Å². The molecule has 0 bridgehead atoms. The van der Waals surface area contributed by atoms with Crippen LogP contribution in [0.25, 0.3) is 10.9 Å². The summed E-state index contributed by atoms with van der Waals surface area (Å²) in [6.07, 6.45) is 6.91. The van der Waals surface area contributed by atoms with Gasteiger partial charge in [-0.15, -0.1) is 11.8 Å². The summed E-state index contributed by atoms with van der Waals surface area (Å²) >= 11 is 1.52. The number of benzene rings is 1. The Morgan fingerprint density at radius 1 is 1.19 bits per heavy atom. The van der Waals surface area contributed by atoms with E-state index in [1.807, 2.05) is 44.4 Å². The predicted octanol–water partition coefficient (Wildman–Crippen LogP) is 5.13. The van der Waals surface area contributed by atoms with E-state index < -0.39 is 0 Å². The van der Waals surface area contributed by atoms with Crippen LogP contribution < -0.4 is 10.9 Å². The van der Waals surface area contributed by atoms with Crippen molar-refractivity contribution in [2.75, 3.05) is 19.5 Å². The molecule has 0 radical (unpaired) electrons. The molecule has 0 unspecified atom stereocenters. The Morgan fingerprint density at radius 2 is 1.92 bits per heavy atom. The molecule has 2 N–H and O–H groups in total. The van der Waals surface area contributed by atoms with Gasteiger partial charge in [-0.1, -0.05) is 18.2 Å². The SMILES string of the molecule is CSc1cc(C)[nH]c(=O)c1CNC(=O)c1c(C)n([C@H](C)C2CCC(OC3COC3)CC2)c2ccccc12. The maximum absolute atomic E-state index is 13.6. The fourth-order valence-electron chi connectivity index (χ4n) is 5.98. The van der Waals surface area contributed by atoms with Crippen LogP contribution in [0, 0.1) is 19.8 Å². The van der Waals surface area contributed by atoms with E-state index in [1.54, 1.807) is 0 Å². The van der Waals surface area contributed by atoms with E-state index in [9.17, 15) is 9.59 Å². The summed E-state index contributed by atoms with van der Waals surface area (Å²) in [5.41, 5.74) is 4.00. The second-order valence-corrected chi connectivity index (χ2v) is 11.3. The number of thioether (sulfide) groups is 1. The molecule has 8 heteroatoms. The van der Waals surface area contributed by atoms with Crippen molar-refractivity contribution in [2.45, 2.75) is 76.1 Å². The zero-order valence-corrected chi connectivity index (χ0v) is 23.0. The quantitative estimate of drug-likeness (QED) is 0.400. The monoisotopic (exact) mass is 523 g/mol. The Bertz CT molecular complexity index is 1330. The zero-order chi connectivity index (χ0) is 26.1. The number of nitrogens with zero attached hydrogens (tertiary/aromatic N) is 1. The molecule has 1 atom stereocenters. The van der Waals surface area contributed by atoms with Gasteiger partial charge in [0, 0.05) is 45.3 Å². The third kappa shape index (κ3) is 5.24. The van der Waals surface area contributed by atoms with E-state index in [2.05, 4.69) is 27.9 Å². The second-order valence-electron chi connectivity index (χ2n) is 10.4. The molecule has 2 fully saturated rings. The summed E-state index contributed by atoms with van der Waals surface area (Å²) in [7, 11) is 0. The summed E-state index contributed by atoms with van der Waals surface area (Å²) in [6.45, 7) is 7.84. The number of aromatic nitrogens is 2. The normalized spacial score (nSPS) is 21.1. The highest BCUT2D eigenvalue weighted by Gasteiger charge is 2.32. The van der Waals surface area contributed by atoms with E-state index in [-0.39, 0.29) is 30.2 Å². The van der Waals surface area contributed by atoms with Gasteiger partial charge in [-0.25, -0.2) is 0 Å². The van der Waals surface area contributed by atoms with E-state index in [4.69, 9.17) is 9.47 Å². The molecule has 5 rings (SSSR count). The minimum absolute atomic E-state index is 0.147. The molecule has 2 aliphatic rings. The number of H-pyrrole nitrogens is 1. The van der Waals surface area contributed by atoms with Gasteiger partial charge in [-0.05, 0) is 70.8 Å². The number of ether oxygens (including phenoxy) is 2. The molecule has 1 saturated carbocycles. The molecule has 7 nitrogen and oxygen atoms in total. The molecule has 0 spiro atoms. The van der Waals surface area contributed by atoms with Gasteiger partial charge in [0.2, 0.25) is 0 Å². The molecular formula is C29H37N3O4S. The molecule has 3 heterocycles. The standard InChI is InChI=1S/C29H37N3O4S/c1-17-13-26(37-4)24(28(33)31-17)14-30-29(34)27-19(3)32(25-8-6-5-7-23(25)27)18(2)20-9-11-21(12-10-20)36-22-15-35-16-22/h5-8,13,18,20-22H,9-12,14-16H2,1-4H3,(H,30,34)(H,31,33)/t18-,20?,21?/m1/s1. The summed E-state index contributed by atoms with van der Waals surface area (Å²) < 4.78 is 13.8. The summed E-state index contributed by atoms with van der Waals surface area (Å²) in [5, 5.41) is 3.99. The zero-order valence-electron chi connectivity index (χ0n) is 22.1. The third-order valence-electron chi connectivity index (χ3n) is 8.06. The van der Waals surface area contributed by atoms with Crippen LogP contribution in [-0.4, -0.2) is 47.1 Å². The Balaban J connectivity index is 1.36. The summed E-state index contributed by atoms with van der Waals surface area (Å²) in [6, 6.07) is 10.4. The first-order valence-electron chi connectivity index (χ1n) is 13.2. The minimum atomic E-state index is -0.151. The van der Waals surface area contributed by atoms with Gasteiger partial charge in [-0.2, -0.15) is 0 Å². The lowest BCUT2D eigenvalue weighted by molar-refractivity contribution is -0.162. The Kier molecular flexibility index (Phi) is 7.79. The van der Waals surface area contributed by atoms with Crippen molar-refractivity contribution in [3.05, 3.63) is 63.2 Å². The Labute approximate surface area is 222 Å². The van der Waals surface area contributed by atoms with Crippen molar-refractivity contribution in [1.29, 1.82) is 0 Å². The number of hydrogen-bond acceptors (Lipinski definition) is 5. The molecule has 1 aromatic carbocycles. The number of carbonyl (C=O) groups is 1. The van der Waals surface area contributed by atoms with Gasteiger partial charge < -0.3 is 24.3 Å². The van der Waals surface area contributed by atoms with Crippen LogP contribution in [0.3, 0.4) is 0 Å². The molecule has 1 aliphatic heterocycles. The number of pyridine rings is 1. The largest absolute Gasteiger partial charge is 0.376 e. The lowest BCUT2D eigenvalue weighted by Gasteiger charge is -2.37. The minimum Gasteiger partial charge on any atom is -0.376 e. The van der Waals surface area contributed by atoms with Crippen molar-refractivity contribution in [2.24, 2.45) is 5.92 Å². The second kappa shape index (κ2) is 11.1. The molecule has 198 valence electrons. The topological polar surface area (TPSA) is 85.4 Å². The lowest BCUT2D eigenvalue weighted by Crippen LogP contribution is -2.40. The summed E-state index contributed by atoms with van der Waals surface area (Å²) in [4.78, 5) is 29.9. The molecule has 1 saturated heterocycles. The number of amides is 1. The number of aryl methyl sites for hydroxylation is 1. The molecule has 3 aromatic rings. The van der Waals surface area contributed by atoms with Crippen LogP contribution in [0.5, 0.6) is 0 Å². The Morgan fingerprint density at radius 3 is 2.59 bits per heavy atom. The molecule has 1 aliphatic carbocycles. The van der Waals surface area contributed by atoms with Crippen LogP contribution >= 0.6 is 11.8 Å². The number of fused-ring (bicyclic) bond motifs is 1. The van der Waals surface area contributed by atoms with Gasteiger partial charge in [0.15, 0.2) is 0 Å². The number of carbonyl (C=O) groups excluding carboxylic acids is 1. The van der Waals surface area contributed by atoms with Crippen molar-refractivity contribution >= 4 is 28.6 Å². The van der Waals surface area contributed by atoms with Crippen LogP contribution in [0.1, 0.15) is 66.0 Å². The smallest absolute Gasteiger partial charge is 0.254 e. The number of nitrogens with one attached hydrogen (secondary N) is 2. The van der Waals surface area contributed by atoms with E-state index in [0.29, 0.717) is 23.1 Å². The van der Waals surface area contributed by atoms with Gasteiger partial charge in [0.25, 0.3) is 11.5 Å². The van der Waals surface area contributed by atoms with Gasteiger partial charge in [0.05, 0.1) is 24.9 Å². The molecule has 2 aromatic heterocycles. The molecule has 1 amide bonds. The highest BCUT2D eigenvalue weighted by Crippen LogP contribution is 2.39. The number of aromatic amines is 1. The fourth-order valence-corrected chi connectivity index (χ4v) is 6.68. The van der Waals surface area contributed by atoms with Crippen molar-refractivity contribution in [3.8, 4) is 0 Å². The maximum atomic E-state index is 13.6. The predicted molar refractivity (Wildman–Crippen MR) is 148 cm³/mol. The van der Waals surface area contributed by atoms with Gasteiger partial charge >= 0.3 is 0 Å². The first-order chi connectivity index (χ1) is 17.9. The van der Waals surface area contributed by atoms with E-state index in [1.165, 1.54) is 11.8 Å². The number of hydrogen-bond donors (Lipinski definition) is 2. The first kappa shape index (κ1) is 26.1. The fraction of sp³-hybridized carbons (Fsp3) is 0.517. The third-order valence-corrected chi connectivity index (χ3v) is 8.86. The van der Waals surface area contributed by atoms with Gasteiger partial charge in [-0.3, -0.25) is 9.59 Å². The maximum Gasteiger partial charge on any atom is 0.254 e. The number of para-hydroxylation sites is 1. The van der Waals surface area contributed by atoms with Crippen molar-refractivity contribution in [1.82, 2.24) is 14.9 Å². The first-order valence-corrected chi connectivity index (χ1v) is 14.5. The number of rotatable bonds is 8. The average molecular weight is 524 g/mol. The Hall–Kier alpha value is -2.55. The van der Waals surface area contributed by atoms with Gasteiger partial charge in [0.1, 0.15) is 6.10 Å². The van der Waals surface area contributed by atoms with E-state index in [0.717, 1.165) is 66.1 Å². The lowest BCUT2D eigenvalue weighted by atomic mass is 9.82. The van der Waals surface area contributed by atoms with Crippen LogP contribution in [0.2, 0.25) is 0 Å². The average Bonchev–Trinajstić information content (AvgIpc) is 3.16. The van der Waals surface area contributed by atoms with Crippen molar-refractivity contribution in [3.63, 3.8) is 0 Å².